The summed E-state index contributed by atoms with van der Waals surface area (Å²) in [5, 5.41) is 4.55. The summed E-state index contributed by atoms with van der Waals surface area (Å²) in [5.41, 5.74) is 2.70. The fourth-order valence-corrected chi connectivity index (χ4v) is 2.99. The van der Waals surface area contributed by atoms with Crippen LogP contribution in [0.4, 0.5) is 5.69 Å². The van der Waals surface area contributed by atoms with Crippen LogP contribution in [-0.4, -0.2) is 25.2 Å². The highest BCUT2D eigenvalue weighted by Gasteiger charge is 2.32. The Bertz CT molecular complexity index is 413. The van der Waals surface area contributed by atoms with E-state index in [1.165, 1.54) is 11.3 Å². The molecular formula is C15H23ClN2. The summed E-state index contributed by atoms with van der Waals surface area (Å²) in [7, 11) is 0. The van der Waals surface area contributed by atoms with Crippen LogP contribution in [0.1, 0.15) is 32.3 Å². The molecule has 18 heavy (non-hydrogen) atoms. The van der Waals surface area contributed by atoms with Crippen molar-refractivity contribution in [2.45, 2.75) is 39.2 Å². The quantitative estimate of drug-likeness (QED) is 0.899. The highest BCUT2D eigenvalue weighted by atomic mass is 35.5. The molecule has 0 radical (unpaired) electrons. The number of hydrogen-bond donors (Lipinski definition) is 1. The van der Waals surface area contributed by atoms with E-state index in [2.05, 4.69) is 43.1 Å². The van der Waals surface area contributed by atoms with Gasteiger partial charge in [0, 0.05) is 25.2 Å². The molecule has 0 unspecified atom stereocenters. The van der Waals surface area contributed by atoms with Gasteiger partial charge in [0.25, 0.3) is 0 Å². The van der Waals surface area contributed by atoms with E-state index in [0.29, 0.717) is 0 Å². The van der Waals surface area contributed by atoms with Crippen molar-refractivity contribution >= 4 is 17.3 Å². The molecule has 2 rings (SSSR count). The zero-order valence-electron chi connectivity index (χ0n) is 11.6. The fraction of sp³-hybridized carbons (Fsp3) is 0.600. The Morgan fingerprint density at radius 3 is 2.72 bits per heavy atom. The van der Waals surface area contributed by atoms with Gasteiger partial charge in [0.05, 0.1) is 10.7 Å². The van der Waals surface area contributed by atoms with Gasteiger partial charge in [0.15, 0.2) is 0 Å². The normalized spacial score (nSPS) is 19.0. The monoisotopic (exact) mass is 266 g/mol. The Morgan fingerprint density at radius 2 is 2.06 bits per heavy atom. The third-order valence-electron chi connectivity index (χ3n) is 4.17. The summed E-state index contributed by atoms with van der Waals surface area (Å²) >= 11 is 6.35. The number of nitrogens with one attached hydrogen (secondary N) is 1. The Labute approximate surface area is 115 Å². The smallest absolute Gasteiger partial charge is 0.0639 e. The third-order valence-corrected chi connectivity index (χ3v) is 4.49. The number of nitrogens with zero attached hydrogens (tertiary/aromatic N) is 1. The highest BCUT2D eigenvalue weighted by Crippen LogP contribution is 2.30. The van der Waals surface area contributed by atoms with Crippen molar-refractivity contribution < 1.29 is 0 Å². The van der Waals surface area contributed by atoms with Crippen LogP contribution in [-0.2, 0) is 0 Å². The molecule has 2 nitrogen and oxygen atoms in total. The van der Waals surface area contributed by atoms with Crippen LogP contribution in [0.5, 0.6) is 0 Å². The molecule has 0 aromatic heterocycles. The van der Waals surface area contributed by atoms with Gasteiger partial charge in [-0.15, -0.1) is 0 Å². The summed E-state index contributed by atoms with van der Waals surface area (Å²) in [4.78, 5) is 2.43. The highest BCUT2D eigenvalue weighted by molar-refractivity contribution is 6.33. The molecule has 0 atom stereocenters. The van der Waals surface area contributed by atoms with Gasteiger partial charge in [-0.3, -0.25) is 0 Å². The lowest BCUT2D eigenvalue weighted by atomic mass is 9.90. The first-order valence-corrected chi connectivity index (χ1v) is 7.24. The number of rotatable bonds is 3. The lowest BCUT2D eigenvalue weighted by Crippen LogP contribution is -2.60. The summed E-state index contributed by atoms with van der Waals surface area (Å²) in [6.45, 7) is 9.75. The maximum absolute atomic E-state index is 6.35. The minimum Gasteiger partial charge on any atom is -0.367 e. The minimum atomic E-state index is 0.241. The van der Waals surface area contributed by atoms with Gasteiger partial charge in [0.2, 0.25) is 0 Å². The Balaban J connectivity index is 2.25. The summed E-state index contributed by atoms with van der Waals surface area (Å²) in [6, 6.07) is 6.28. The molecule has 1 saturated heterocycles. The van der Waals surface area contributed by atoms with Crippen LogP contribution in [0.2, 0.25) is 5.02 Å². The number of aryl methyl sites for hydroxylation is 1. The summed E-state index contributed by atoms with van der Waals surface area (Å²) in [5.74, 6) is 0. The van der Waals surface area contributed by atoms with Gasteiger partial charge in [0.1, 0.15) is 0 Å². The van der Waals surface area contributed by atoms with Gasteiger partial charge in [-0.05, 0) is 37.5 Å². The van der Waals surface area contributed by atoms with Crippen LogP contribution in [0.15, 0.2) is 18.2 Å². The average Bonchev–Trinajstić information content (AvgIpc) is 2.41. The molecule has 1 fully saturated rings. The van der Waals surface area contributed by atoms with Crippen molar-refractivity contribution in [3.8, 4) is 0 Å². The predicted molar refractivity (Wildman–Crippen MR) is 79.7 cm³/mol. The Kier molecular flexibility index (Phi) is 4.18. The van der Waals surface area contributed by atoms with Gasteiger partial charge in [-0.1, -0.05) is 31.5 Å². The molecule has 0 spiro atoms. The van der Waals surface area contributed by atoms with E-state index in [0.717, 1.165) is 37.5 Å². The molecule has 3 heteroatoms. The molecule has 1 aromatic rings. The molecule has 1 aliphatic rings. The van der Waals surface area contributed by atoms with Gasteiger partial charge in [-0.25, -0.2) is 0 Å². The molecule has 0 saturated carbocycles. The number of piperazine rings is 1. The van der Waals surface area contributed by atoms with Crippen molar-refractivity contribution in [2.24, 2.45) is 0 Å². The average molecular weight is 267 g/mol. The van der Waals surface area contributed by atoms with E-state index in [4.69, 9.17) is 11.6 Å². The molecule has 1 heterocycles. The summed E-state index contributed by atoms with van der Waals surface area (Å²) in [6.07, 6.45) is 2.31. The Hall–Kier alpha value is -0.730. The van der Waals surface area contributed by atoms with Crippen LogP contribution < -0.4 is 10.2 Å². The van der Waals surface area contributed by atoms with E-state index in [-0.39, 0.29) is 5.54 Å². The van der Waals surface area contributed by atoms with E-state index in [9.17, 15) is 0 Å². The Morgan fingerprint density at radius 1 is 1.33 bits per heavy atom. The third kappa shape index (κ3) is 2.65. The maximum Gasteiger partial charge on any atom is 0.0639 e. The first-order chi connectivity index (χ1) is 8.60. The molecule has 0 bridgehead atoms. The van der Waals surface area contributed by atoms with E-state index in [1.807, 2.05) is 6.07 Å². The summed E-state index contributed by atoms with van der Waals surface area (Å²) < 4.78 is 0. The second-order valence-electron chi connectivity index (χ2n) is 5.29. The SMILES string of the molecule is CCC1(CC)CN(c2cc(C)ccc2Cl)CCN1. The lowest BCUT2D eigenvalue weighted by Gasteiger charge is -2.44. The zero-order valence-corrected chi connectivity index (χ0v) is 12.3. The first-order valence-electron chi connectivity index (χ1n) is 6.86. The van der Waals surface area contributed by atoms with Gasteiger partial charge < -0.3 is 10.2 Å². The van der Waals surface area contributed by atoms with Gasteiger partial charge in [-0.2, -0.15) is 0 Å². The molecular weight excluding hydrogens is 244 g/mol. The maximum atomic E-state index is 6.35. The van der Waals surface area contributed by atoms with Crippen molar-refractivity contribution in [1.29, 1.82) is 0 Å². The van der Waals surface area contributed by atoms with E-state index >= 15 is 0 Å². The van der Waals surface area contributed by atoms with E-state index < -0.39 is 0 Å². The van der Waals surface area contributed by atoms with Gasteiger partial charge >= 0.3 is 0 Å². The largest absolute Gasteiger partial charge is 0.367 e. The van der Waals surface area contributed by atoms with Crippen molar-refractivity contribution in [3.63, 3.8) is 0 Å². The predicted octanol–water partition coefficient (Wildman–Crippen LogP) is 3.62. The zero-order chi connectivity index (χ0) is 13.2. The molecule has 1 aromatic carbocycles. The topological polar surface area (TPSA) is 15.3 Å². The van der Waals surface area contributed by atoms with Crippen molar-refractivity contribution in [2.75, 3.05) is 24.5 Å². The van der Waals surface area contributed by atoms with Crippen LogP contribution in [0.3, 0.4) is 0 Å². The molecule has 0 aliphatic carbocycles. The number of hydrogen-bond acceptors (Lipinski definition) is 2. The second kappa shape index (κ2) is 5.50. The number of benzene rings is 1. The van der Waals surface area contributed by atoms with Crippen LogP contribution >= 0.6 is 11.6 Å². The molecule has 0 amide bonds. The number of anilines is 1. The molecule has 1 aliphatic heterocycles. The fourth-order valence-electron chi connectivity index (χ4n) is 2.75. The molecule has 100 valence electrons. The van der Waals surface area contributed by atoms with Crippen molar-refractivity contribution in [1.82, 2.24) is 5.32 Å². The first kappa shape index (κ1) is 13.7. The number of halogens is 1. The van der Waals surface area contributed by atoms with Crippen LogP contribution in [0, 0.1) is 6.92 Å². The standard InChI is InChI=1S/C15H23ClN2/c1-4-15(5-2)11-18(9-8-17-15)14-10-12(3)6-7-13(14)16/h6-7,10,17H,4-5,8-9,11H2,1-3H3. The molecule has 1 N–H and O–H groups in total. The lowest BCUT2D eigenvalue weighted by molar-refractivity contribution is 0.277. The second-order valence-corrected chi connectivity index (χ2v) is 5.70. The van der Waals surface area contributed by atoms with Crippen LogP contribution in [0.25, 0.3) is 0 Å². The minimum absolute atomic E-state index is 0.241. The van der Waals surface area contributed by atoms with E-state index in [1.54, 1.807) is 0 Å². The van der Waals surface area contributed by atoms with Crippen molar-refractivity contribution in [3.05, 3.63) is 28.8 Å².